The van der Waals surface area contributed by atoms with Gasteiger partial charge >= 0.3 is 5.97 Å². The first-order chi connectivity index (χ1) is 14.0. The largest absolute Gasteiger partial charge is 0.493 e. The second-order valence-electron chi connectivity index (χ2n) is 6.39. The standard InChI is InChI=1S/C22H24N2O4S/c1-5-28-18-13-15(11-12-17(18)26-3)20-19(21(25)27-4)14(2)24(22(29)23-20)16-9-7-6-8-10-16/h6-13,20H,5H2,1-4H3,(H,23,29)/t20-/m1/s1. The second kappa shape index (κ2) is 8.96. The van der Waals surface area contributed by atoms with E-state index < -0.39 is 12.0 Å². The van der Waals surface area contributed by atoms with Gasteiger partial charge in [0.15, 0.2) is 16.6 Å². The second-order valence-corrected chi connectivity index (χ2v) is 6.77. The molecular formula is C22H24N2O4S. The van der Waals surface area contributed by atoms with Gasteiger partial charge in [-0.15, -0.1) is 0 Å². The summed E-state index contributed by atoms with van der Waals surface area (Å²) in [5, 5.41) is 3.79. The summed E-state index contributed by atoms with van der Waals surface area (Å²) < 4.78 is 16.2. The van der Waals surface area contributed by atoms with E-state index in [0.29, 0.717) is 34.5 Å². The van der Waals surface area contributed by atoms with Crippen molar-refractivity contribution in [1.29, 1.82) is 0 Å². The van der Waals surface area contributed by atoms with Crippen molar-refractivity contribution in [2.75, 3.05) is 25.7 Å². The summed E-state index contributed by atoms with van der Waals surface area (Å²) in [4.78, 5) is 14.6. The van der Waals surface area contributed by atoms with Gasteiger partial charge in [0.1, 0.15) is 0 Å². The van der Waals surface area contributed by atoms with Crippen LogP contribution in [0.3, 0.4) is 0 Å². The van der Waals surface area contributed by atoms with Crippen molar-refractivity contribution >= 4 is 29.0 Å². The average molecular weight is 413 g/mol. The number of benzene rings is 2. The van der Waals surface area contributed by atoms with Gasteiger partial charge in [0, 0.05) is 11.4 Å². The maximum absolute atomic E-state index is 12.7. The number of thiocarbonyl (C=S) groups is 1. The van der Waals surface area contributed by atoms with Gasteiger partial charge in [0.25, 0.3) is 0 Å². The van der Waals surface area contributed by atoms with Crippen molar-refractivity contribution in [3.05, 3.63) is 65.4 Å². The molecule has 0 amide bonds. The van der Waals surface area contributed by atoms with Crippen molar-refractivity contribution in [3.8, 4) is 11.5 Å². The van der Waals surface area contributed by atoms with Crippen molar-refractivity contribution in [3.63, 3.8) is 0 Å². The zero-order valence-corrected chi connectivity index (χ0v) is 17.7. The van der Waals surface area contributed by atoms with Gasteiger partial charge in [-0.3, -0.25) is 4.90 Å². The lowest BCUT2D eigenvalue weighted by atomic mass is 9.94. The number of nitrogens with one attached hydrogen (secondary N) is 1. The lowest BCUT2D eigenvalue weighted by Crippen LogP contribution is -2.48. The van der Waals surface area contributed by atoms with Crippen LogP contribution in [0.4, 0.5) is 5.69 Å². The van der Waals surface area contributed by atoms with E-state index in [9.17, 15) is 4.79 Å². The highest BCUT2D eigenvalue weighted by Crippen LogP contribution is 2.37. The molecule has 0 fully saturated rings. The highest BCUT2D eigenvalue weighted by atomic mass is 32.1. The molecule has 0 aromatic heterocycles. The average Bonchev–Trinajstić information content (AvgIpc) is 2.74. The maximum Gasteiger partial charge on any atom is 0.337 e. The molecule has 7 heteroatoms. The minimum Gasteiger partial charge on any atom is -0.493 e. The molecule has 1 atom stereocenters. The number of carbonyl (C=O) groups excluding carboxylic acids is 1. The summed E-state index contributed by atoms with van der Waals surface area (Å²) >= 11 is 5.64. The minimum absolute atomic E-state index is 0.419. The highest BCUT2D eigenvalue weighted by molar-refractivity contribution is 7.80. The zero-order chi connectivity index (χ0) is 21.0. The normalized spacial score (nSPS) is 16.3. The van der Waals surface area contributed by atoms with E-state index in [0.717, 1.165) is 11.3 Å². The van der Waals surface area contributed by atoms with Crippen LogP contribution < -0.4 is 19.7 Å². The Kier molecular flexibility index (Phi) is 6.39. The number of hydrogen-bond donors (Lipinski definition) is 1. The molecule has 1 aliphatic rings. The molecule has 0 aliphatic carbocycles. The number of ether oxygens (including phenoxy) is 3. The topological polar surface area (TPSA) is 60.0 Å². The quantitative estimate of drug-likeness (QED) is 0.569. The van der Waals surface area contributed by atoms with Gasteiger partial charge in [0.05, 0.1) is 32.4 Å². The lowest BCUT2D eigenvalue weighted by molar-refractivity contribution is -0.136. The summed E-state index contributed by atoms with van der Waals surface area (Å²) in [7, 11) is 2.96. The van der Waals surface area contributed by atoms with Crippen LogP contribution in [0.5, 0.6) is 11.5 Å². The predicted molar refractivity (Wildman–Crippen MR) is 116 cm³/mol. The maximum atomic E-state index is 12.7. The fourth-order valence-electron chi connectivity index (χ4n) is 3.40. The van der Waals surface area contributed by atoms with Crippen molar-refractivity contribution in [1.82, 2.24) is 5.32 Å². The van der Waals surface area contributed by atoms with Gasteiger partial charge < -0.3 is 19.5 Å². The summed E-state index contributed by atoms with van der Waals surface area (Å²) in [6, 6.07) is 14.7. The van der Waals surface area contributed by atoms with Crippen LogP contribution in [0.15, 0.2) is 59.8 Å². The van der Waals surface area contributed by atoms with Crippen LogP contribution in [-0.4, -0.2) is 31.9 Å². The SMILES string of the molecule is CCOc1cc([C@H]2NC(=S)N(c3ccccc3)C(C)=C2C(=O)OC)ccc1OC. The van der Waals surface area contributed by atoms with Crippen LogP contribution in [0.2, 0.25) is 0 Å². The van der Waals surface area contributed by atoms with E-state index >= 15 is 0 Å². The summed E-state index contributed by atoms with van der Waals surface area (Å²) in [6.07, 6.45) is 0. The van der Waals surface area contributed by atoms with E-state index in [2.05, 4.69) is 5.32 Å². The first kappa shape index (κ1) is 20.7. The molecule has 29 heavy (non-hydrogen) atoms. The molecule has 0 spiro atoms. The fourth-order valence-corrected chi connectivity index (χ4v) is 3.76. The summed E-state index contributed by atoms with van der Waals surface area (Å²) in [5.74, 6) is 0.810. The van der Waals surface area contributed by atoms with Crippen molar-refractivity contribution in [2.24, 2.45) is 0 Å². The smallest absolute Gasteiger partial charge is 0.337 e. The van der Waals surface area contributed by atoms with Crippen LogP contribution >= 0.6 is 12.2 Å². The zero-order valence-electron chi connectivity index (χ0n) is 16.9. The van der Waals surface area contributed by atoms with E-state index in [1.54, 1.807) is 7.11 Å². The van der Waals surface area contributed by atoms with Gasteiger partial charge in [-0.2, -0.15) is 0 Å². The van der Waals surface area contributed by atoms with E-state index in [1.807, 2.05) is 67.3 Å². The molecule has 1 heterocycles. The van der Waals surface area contributed by atoms with Crippen LogP contribution in [0.25, 0.3) is 0 Å². The van der Waals surface area contributed by atoms with Crippen LogP contribution in [0, 0.1) is 0 Å². The Morgan fingerprint density at radius 3 is 2.48 bits per heavy atom. The molecule has 1 aliphatic heterocycles. The third-order valence-corrected chi connectivity index (χ3v) is 5.03. The summed E-state index contributed by atoms with van der Waals surface area (Å²) in [5.41, 5.74) is 2.89. The van der Waals surface area contributed by atoms with Crippen molar-refractivity contribution < 1.29 is 19.0 Å². The van der Waals surface area contributed by atoms with Gasteiger partial charge in [-0.25, -0.2) is 4.79 Å². The molecule has 2 aromatic rings. The lowest BCUT2D eigenvalue weighted by Gasteiger charge is -2.37. The predicted octanol–water partition coefficient (Wildman–Crippen LogP) is 3.98. The number of methoxy groups -OCH3 is 2. The Bertz CT molecular complexity index is 943. The first-order valence-corrected chi connectivity index (χ1v) is 9.68. The van der Waals surface area contributed by atoms with Gasteiger partial charge in [-0.05, 0) is 55.9 Å². The van der Waals surface area contributed by atoms with E-state index in [4.69, 9.17) is 26.4 Å². The number of carbonyl (C=O) groups is 1. The third-order valence-electron chi connectivity index (χ3n) is 4.73. The number of hydrogen-bond acceptors (Lipinski definition) is 5. The number of allylic oxidation sites excluding steroid dienone is 1. The molecule has 0 saturated carbocycles. The van der Waals surface area contributed by atoms with Gasteiger partial charge in [-0.1, -0.05) is 24.3 Å². The molecule has 6 nitrogen and oxygen atoms in total. The molecule has 0 saturated heterocycles. The van der Waals surface area contributed by atoms with E-state index in [-0.39, 0.29) is 0 Å². The molecule has 3 rings (SSSR count). The Morgan fingerprint density at radius 2 is 1.86 bits per heavy atom. The van der Waals surface area contributed by atoms with Crippen LogP contribution in [0.1, 0.15) is 25.5 Å². The third kappa shape index (κ3) is 4.05. The van der Waals surface area contributed by atoms with Crippen LogP contribution in [-0.2, 0) is 9.53 Å². The van der Waals surface area contributed by atoms with Crippen molar-refractivity contribution in [2.45, 2.75) is 19.9 Å². The molecule has 152 valence electrons. The Morgan fingerprint density at radius 1 is 1.14 bits per heavy atom. The number of nitrogens with zero attached hydrogens (tertiary/aromatic N) is 1. The summed E-state index contributed by atoms with van der Waals surface area (Å²) in [6.45, 7) is 4.27. The number of rotatable bonds is 6. The van der Waals surface area contributed by atoms with E-state index in [1.165, 1.54) is 7.11 Å². The number of para-hydroxylation sites is 1. The Labute approximate surface area is 176 Å². The molecule has 2 aromatic carbocycles. The molecule has 0 bridgehead atoms. The molecule has 0 radical (unpaired) electrons. The monoisotopic (exact) mass is 412 g/mol. The number of esters is 1. The number of anilines is 1. The molecular weight excluding hydrogens is 388 g/mol. The fraction of sp³-hybridized carbons (Fsp3) is 0.273. The Hall–Kier alpha value is -3.06. The highest BCUT2D eigenvalue weighted by Gasteiger charge is 2.35. The molecule has 1 N–H and O–H groups in total. The van der Waals surface area contributed by atoms with Gasteiger partial charge in [0.2, 0.25) is 0 Å². The first-order valence-electron chi connectivity index (χ1n) is 9.27. The minimum atomic E-state index is -0.472. The molecule has 0 unspecified atom stereocenters. The Balaban J connectivity index is 2.12.